The molecule has 150 valence electrons. The molecule has 1 amide bonds. The van der Waals surface area contributed by atoms with Gasteiger partial charge in [0.15, 0.2) is 0 Å². The lowest BCUT2D eigenvalue weighted by Crippen LogP contribution is -2.39. The third-order valence-corrected chi connectivity index (χ3v) is 5.35. The van der Waals surface area contributed by atoms with E-state index in [4.69, 9.17) is 4.74 Å². The number of benzene rings is 2. The molecule has 2 aromatic carbocycles. The number of anilines is 1. The van der Waals surface area contributed by atoms with Gasteiger partial charge in [-0.15, -0.1) is 0 Å². The van der Waals surface area contributed by atoms with Gasteiger partial charge in [-0.1, -0.05) is 24.3 Å². The Kier molecular flexibility index (Phi) is 5.62. The fraction of sp³-hybridized carbons (Fsp3) is 0.304. The quantitative estimate of drug-likeness (QED) is 0.668. The molecule has 0 unspecified atom stereocenters. The van der Waals surface area contributed by atoms with Gasteiger partial charge in [-0.3, -0.25) is 9.69 Å². The van der Waals surface area contributed by atoms with Crippen LogP contribution in [0.5, 0.6) is 5.75 Å². The van der Waals surface area contributed by atoms with Crippen molar-refractivity contribution in [3.8, 4) is 16.9 Å². The highest BCUT2D eigenvalue weighted by Crippen LogP contribution is 2.26. The molecule has 3 aromatic rings. The van der Waals surface area contributed by atoms with Crippen LogP contribution in [0.15, 0.2) is 54.7 Å². The first kappa shape index (κ1) is 19.2. The summed E-state index contributed by atoms with van der Waals surface area (Å²) in [6.07, 6.45) is 3.75. The summed E-state index contributed by atoms with van der Waals surface area (Å²) in [5.74, 6) is 1.78. The lowest BCUT2D eigenvalue weighted by molar-refractivity contribution is -0.120. The van der Waals surface area contributed by atoms with Crippen molar-refractivity contribution in [1.29, 1.82) is 0 Å². The molecule has 1 aromatic heterocycles. The molecule has 6 nitrogen and oxygen atoms in total. The van der Waals surface area contributed by atoms with Gasteiger partial charge in [0.2, 0.25) is 5.91 Å². The van der Waals surface area contributed by atoms with Gasteiger partial charge in [-0.05, 0) is 61.7 Å². The van der Waals surface area contributed by atoms with Crippen molar-refractivity contribution in [3.05, 3.63) is 66.2 Å². The summed E-state index contributed by atoms with van der Waals surface area (Å²) in [5.41, 5.74) is 4.02. The zero-order valence-corrected chi connectivity index (χ0v) is 16.8. The van der Waals surface area contributed by atoms with E-state index in [2.05, 4.69) is 20.2 Å². The maximum absolute atomic E-state index is 12.9. The lowest BCUT2D eigenvalue weighted by atomic mass is 10.1. The number of carbonyl (C=O) groups is 1. The van der Waals surface area contributed by atoms with Crippen molar-refractivity contribution in [2.24, 2.45) is 0 Å². The van der Waals surface area contributed by atoms with E-state index in [0.29, 0.717) is 6.54 Å². The lowest BCUT2D eigenvalue weighted by Gasteiger charge is -2.23. The number of amides is 1. The standard InChI is InChI=1S/C23H26N4O2/c1-16-24-14-20(25-16)15-27-12-4-7-22(27)23(28)26-19-10-8-17(9-11-19)18-5-3-6-21(13-18)29-2/h3,5-6,8-11,13-14,22H,4,7,12,15H2,1-2H3,(H,24,25)(H,26,28)/t22-/m1/s1. The van der Waals surface area contributed by atoms with Crippen LogP contribution in [-0.4, -0.2) is 40.5 Å². The molecule has 0 aliphatic carbocycles. The van der Waals surface area contributed by atoms with E-state index in [1.54, 1.807) is 7.11 Å². The van der Waals surface area contributed by atoms with E-state index >= 15 is 0 Å². The fourth-order valence-electron chi connectivity index (χ4n) is 3.86. The van der Waals surface area contributed by atoms with Gasteiger partial charge in [0, 0.05) is 24.1 Å². The topological polar surface area (TPSA) is 70.2 Å². The number of hydrogen-bond acceptors (Lipinski definition) is 4. The summed E-state index contributed by atoms with van der Waals surface area (Å²) in [7, 11) is 1.66. The molecule has 1 fully saturated rings. The van der Waals surface area contributed by atoms with Crippen LogP contribution in [0.4, 0.5) is 5.69 Å². The summed E-state index contributed by atoms with van der Waals surface area (Å²) in [6, 6.07) is 15.8. The van der Waals surface area contributed by atoms with Gasteiger partial charge in [-0.2, -0.15) is 0 Å². The van der Waals surface area contributed by atoms with Gasteiger partial charge in [-0.25, -0.2) is 4.98 Å². The van der Waals surface area contributed by atoms with Crippen LogP contribution in [-0.2, 0) is 11.3 Å². The maximum Gasteiger partial charge on any atom is 0.241 e. The molecule has 0 bridgehead atoms. The molecule has 4 rings (SSSR count). The molecule has 2 heterocycles. The van der Waals surface area contributed by atoms with Crippen molar-refractivity contribution in [3.63, 3.8) is 0 Å². The molecule has 0 spiro atoms. The smallest absolute Gasteiger partial charge is 0.241 e. The van der Waals surface area contributed by atoms with Crippen LogP contribution in [0.2, 0.25) is 0 Å². The molecular formula is C23H26N4O2. The summed E-state index contributed by atoms with van der Waals surface area (Å²) >= 11 is 0. The molecule has 1 aliphatic heterocycles. The molecule has 6 heteroatoms. The van der Waals surface area contributed by atoms with Crippen molar-refractivity contribution in [1.82, 2.24) is 14.9 Å². The summed E-state index contributed by atoms with van der Waals surface area (Å²) in [6.45, 7) is 3.57. The maximum atomic E-state index is 12.9. The zero-order valence-electron chi connectivity index (χ0n) is 16.8. The molecule has 2 N–H and O–H groups in total. The predicted molar refractivity (Wildman–Crippen MR) is 114 cm³/mol. The third kappa shape index (κ3) is 4.49. The Morgan fingerprint density at radius 3 is 2.79 bits per heavy atom. The van der Waals surface area contributed by atoms with Crippen molar-refractivity contribution in [2.45, 2.75) is 32.4 Å². The Morgan fingerprint density at radius 2 is 2.07 bits per heavy atom. The molecule has 29 heavy (non-hydrogen) atoms. The van der Waals surface area contributed by atoms with E-state index in [-0.39, 0.29) is 11.9 Å². The first-order valence-corrected chi connectivity index (χ1v) is 9.92. The highest BCUT2D eigenvalue weighted by molar-refractivity contribution is 5.95. The monoisotopic (exact) mass is 390 g/mol. The Labute approximate surface area is 170 Å². The molecule has 0 saturated carbocycles. The normalized spacial score (nSPS) is 16.7. The summed E-state index contributed by atoms with van der Waals surface area (Å²) in [5, 5.41) is 3.07. The number of rotatable bonds is 6. The number of nitrogens with zero attached hydrogens (tertiary/aromatic N) is 2. The Morgan fingerprint density at radius 1 is 1.24 bits per heavy atom. The van der Waals surface area contributed by atoms with E-state index in [9.17, 15) is 4.79 Å². The van der Waals surface area contributed by atoms with Crippen LogP contribution in [0.3, 0.4) is 0 Å². The second-order valence-electron chi connectivity index (χ2n) is 7.42. The number of aromatic nitrogens is 2. The van der Waals surface area contributed by atoms with E-state index < -0.39 is 0 Å². The van der Waals surface area contributed by atoms with Gasteiger partial charge in [0.25, 0.3) is 0 Å². The number of aryl methyl sites for hydroxylation is 1. The number of H-pyrrole nitrogens is 1. The zero-order chi connectivity index (χ0) is 20.2. The van der Waals surface area contributed by atoms with Crippen molar-refractivity contribution < 1.29 is 9.53 Å². The number of carbonyl (C=O) groups excluding carboxylic acids is 1. The van der Waals surface area contributed by atoms with Gasteiger partial charge < -0.3 is 15.0 Å². The van der Waals surface area contributed by atoms with Crippen molar-refractivity contribution >= 4 is 11.6 Å². The molecule has 1 saturated heterocycles. The minimum Gasteiger partial charge on any atom is -0.497 e. The minimum absolute atomic E-state index is 0.0490. The van der Waals surface area contributed by atoms with Gasteiger partial charge in [0.1, 0.15) is 11.6 Å². The summed E-state index contributed by atoms with van der Waals surface area (Å²) in [4.78, 5) is 22.6. The number of aromatic amines is 1. The molecule has 1 atom stereocenters. The molecule has 0 radical (unpaired) electrons. The highest BCUT2D eigenvalue weighted by Gasteiger charge is 2.31. The predicted octanol–water partition coefficient (Wildman–Crippen LogP) is 4.00. The summed E-state index contributed by atoms with van der Waals surface area (Å²) < 4.78 is 5.30. The van der Waals surface area contributed by atoms with Gasteiger partial charge in [0.05, 0.1) is 13.2 Å². The Balaban J connectivity index is 1.41. The molecule has 1 aliphatic rings. The number of hydrogen-bond donors (Lipinski definition) is 2. The Bertz CT molecular complexity index is 981. The van der Waals surface area contributed by atoms with E-state index in [0.717, 1.165) is 53.5 Å². The van der Waals surface area contributed by atoms with Crippen molar-refractivity contribution in [2.75, 3.05) is 19.0 Å². The highest BCUT2D eigenvalue weighted by atomic mass is 16.5. The number of methoxy groups -OCH3 is 1. The number of likely N-dealkylation sites (tertiary alicyclic amines) is 1. The van der Waals surface area contributed by atoms with Crippen LogP contribution >= 0.6 is 0 Å². The van der Waals surface area contributed by atoms with Crippen LogP contribution in [0.25, 0.3) is 11.1 Å². The molecular weight excluding hydrogens is 364 g/mol. The third-order valence-electron chi connectivity index (χ3n) is 5.35. The van der Waals surface area contributed by atoms with Crippen LogP contribution < -0.4 is 10.1 Å². The average Bonchev–Trinajstić information content (AvgIpc) is 3.37. The Hall–Kier alpha value is -3.12. The first-order valence-electron chi connectivity index (χ1n) is 9.92. The largest absolute Gasteiger partial charge is 0.497 e. The average molecular weight is 390 g/mol. The van der Waals surface area contributed by atoms with Gasteiger partial charge >= 0.3 is 0 Å². The minimum atomic E-state index is -0.114. The first-order chi connectivity index (χ1) is 14.1. The van der Waals surface area contributed by atoms with E-state index in [1.165, 1.54) is 0 Å². The second kappa shape index (κ2) is 8.49. The number of nitrogens with one attached hydrogen (secondary N) is 2. The number of ether oxygens (including phenoxy) is 1. The SMILES string of the molecule is COc1cccc(-c2ccc(NC(=O)[C@H]3CCCN3Cc3cnc(C)[nH]3)cc2)c1. The fourth-order valence-corrected chi connectivity index (χ4v) is 3.86. The second-order valence-corrected chi connectivity index (χ2v) is 7.42. The van der Waals surface area contributed by atoms with Crippen LogP contribution in [0, 0.1) is 6.92 Å². The van der Waals surface area contributed by atoms with Crippen LogP contribution in [0.1, 0.15) is 24.4 Å². The van der Waals surface area contributed by atoms with E-state index in [1.807, 2.05) is 61.7 Å². The number of imidazole rings is 1.